The van der Waals surface area contributed by atoms with Gasteiger partial charge in [0.2, 0.25) is 11.1 Å². The molecule has 0 saturated heterocycles. The third-order valence-corrected chi connectivity index (χ3v) is 5.67. The summed E-state index contributed by atoms with van der Waals surface area (Å²) in [5, 5.41) is 10.8. The van der Waals surface area contributed by atoms with E-state index < -0.39 is 17.6 Å². The van der Waals surface area contributed by atoms with Gasteiger partial charge in [-0.15, -0.1) is 10.2 Å². The number of nitrogen functional groups attached to an aromatic ring is 1. The van der Waals surface area contributed by atoms with Crippen LogP contribution in [-0.2, 0) is 11.2 Å². The Morgan fingerprint density at radius 3 is 2.56 bits per heavy atom. The average Bonchev–Trinajstić information content (AvgIpc) is 3.15. The van der Waals surface area contributed by atoms with Gasteiger partial charge in [0.1, 0.15) is 5.82 Å². The van der Waals surface area contributed by atoms with Crippen LogP contribution in [0, 0.1) is 5.82 Å². The number of amides is 2. The van der Waals surface area contributed by atoms with E-state index in [2.05, 4.69) is 21.0 Å². The number of hydrogen-bond acceptors (Lipinski definition) is 6. The Labute approximate surface area is 187 Å². The van der Waals surface area contributed by atoms with E-state index in [9.17, 15) is 14.0 Å². The van der Waals surface area contributed by atoms with E-state index in [1.807, 2.05) is 42.5 Å². The third-order valence-electron chi connectivity index (χ3n) is 4.73. The van der Waals surface area contributed by atoms with Crippen molar-refractivity contribution in [2.75, 3.05) is 11.6 Å². The molecule has 2 amide bonds. The first-order valence-electron chi connectivity index (χ1n) is 9.65. The second-order valence-corrected chi connectivity index (χ2v) is 7.80. The van der Waals surface area contributed by atoms with Gasteiger partial charge >= 0.3 is 0 Å². The summed E-state index contributed by atoms with van der Waals surface area (Å²) in [4.78, 5) is 24.0. The molecule has 0 atom stereocenters. The number of nitrogens with two attached hydrogens (primary N) is 1. The zero-order valence-corrected chi connectivity index (χ0v) is 17.6. The lowest BCUT2D eigenvalue weighted by Gasteiger charge is -2.08. The lowest BCUT2D eigenvalue weighted by Crippen LogP contribution is -2.42. The Balaban J connectivity index is 1.34. The third kappa shape index (κ3) is 4.70. The number of aromatic nitrogens is 3. The molecular formula is C22H19FN6O2S. The van der Waals surface area contributed by atoms with E-state index >= 15 is 0 Å². The first-order chi connectivity index (χ1) is 15.5. The molecule has 162 valence electrons. The van der Waals surface area contributed by atoms with Crippen molar-refractivity contribution in [2.24, 2.45) is 0 Å². The lowest BCUT2D eigenvalue weighted by atomic mass is 10.0. The van der Waals surface area contributed by atoms with Crippen LogP contribution in [0.4, 0.5) is 4.39 Å². The highest BCUT2D eigenvalue weighted by molar-refractivity contribution is 7.99. The maximum absolute atomic E-state index is 13.6. The Morgan fingerprint density at radius 2 is 1.72 bits per heavy atom. The minimum absolute atomic E-state index is 0.0683. The molecule has 0 saturated carbocycles. The molecule has 1 aromatic heterocycles. The van der Waals surface area contributed by atoms with Gasteiger partial charge in [0.15, 0.2) is 5.82 Å². The summed E-state index contributed by atoms with van der Waals surface area (Å²) in [6, 6.07) is 19.5. The number of nitrogens with one attached hydrogen (secondary N) is 2. The molecule has 0 bridgehead atoms. The van der Waals surface area contributed by atoms with E-state index in [-0.39, 0.29) is 11.3 Å². The second kappa shape index (κ2) is 9.48. The van der Waals surface area contributed by atoms with E-state index in [1.165, 1.54) is 22.9 Å². The highest BCUT2D eigenvalue weighted by atomic mass is 32.2. The Bertz CT molecular complexity index is 1290. The lowest BCUT2D eigenvalue weighted by molar-refractivity contribution is -0.119. The zero-order valence-electron chi connectivity index (χ0n) is 16.8. The van der Waals surface area contributed by atoms with Gasteiger partial charge in [-0.25, -0.2) is 9.07 Å². The molecule has 1 heterocycles. The molecule has 3 aromatic carbocycles. The smallest absolute Gasteiger partial charge is 0.272 e. The molecule has 0 radical (unpaired) electrons. The summed E-state index contributed by atoms with van der Waals surface area (Å²) < 4.78 is 15.0. The Kier molecular flexibility index (Phi) is 6.31. The first-order valence-corrected chi connectivity index (χ1v) is 10.6. The van der Waals surface area contributed by atoms with Crippen LogP contribution in [0.5, 0.6) is 0 Å². The van der Waals surface area contributed by atoms with Crippen LogP contribution in [0.15, 0.2) is 71.9 Å². The molecule has 0 aliphatic heterocycles. The van der Waals surface area contributed by atoms with Gasteiger partial charge in [0, 0.05) is 6.42 Å². The zero-order chi connectivity index (χ0) is 22.5. The number of hydrazine groups is 1. The highest BCUT2D eigenvalue weighted by Crippen LogP contribution is 2.22. The van der Waals surface area contributed by atoms with Gasteiger partial charge in [-0.2, -0.15) is 0 Å². The van der Waals surface area contributed by atoms with Crippen LogP contribution in [0.25, 0.3) is 10.8 Å². The molecule has 10 heteroatoms. The molecule has 0 spiro atoms. The van der Waals surface area contributed by atoms with Crippen LogP contribution in [0.2, 0.25) is 0 Å². The summed E-state index contributed by atoms with van der Waals surface area (Å²) in [6.45, 7) is 0. The highest BCUT2D eigenvalue weighted by Gasteiger charge is 2.15. The fourth-order valence-corrected chi connectivity index (χ4v) is 3.82. The monoisotopic (exact) mass is 450 g/mol. The van der Waals surface area contributed by atoms with Gasteiger partial charge < -0.3 is 5.84 Å². The molecular weight excluding hydrogens is 431 g/mol. The number of benzene rings is 3. The predicted molar refractivity (Wildman–Crippen MR) is 120 cm³/mol. The number of hydrogen-bond donors (Lipinski definition) is 3. The summed E-state index contributed by atoms with van der Waals surface area (Å²) in [7, 11) is 0. The molecule has 32 heavy (non-hydrogen) atoms. The average molecular weight is 450 g/mol. The van der Waals surface area contributed by atoms with E-state index in [4.69, 9.17) is 5.84 Å². The van der Waals surface area contributed by atoms with E-state index in [0.29, 0.717) is 17.4 Å². The normalized spacial score (nSPS) is 10.8. The summed E-state index contributed by atoms with van der Waals surface area (Å²) in [5.74, 6) is 4.68. The van der Waals surface area contributed by atoms with Crippen molar-refractivity contribution in [1.82, 2.24) is 25.7 Å². The minimum atomic E-state index is -0.749. The van der Waals surface area contributed by atoms with Crippen molar-refractivity contribution < 1.29 is 14.0 Å². The van der Waals surface area contributed by atoms with Crippen LogP contribution in [0.3, 0.4) is 0 Å². The summed E-state index contributed by atoms with van der Waals surface area (Å²) >= 11 is 1.07. The number of rotatable bonds is 6. The minimum Gasteiger partial charge on any atom is -0.336 e. The van der Waals surface area contributed by atoms with Crippen LogP contribution < -0.4 is 16.7 Å². The SMILES string of the molecule is Nn1c(Cc2cccc3ccccc23)nnc1SCC(=O)NNC(=O)c1ccccc1F. The van der Waals surface area contributed by atoms with Crippen molar-refractivity contribution in [1.29, 1.82) is 0 Å². The number of fused-ring (bicyclic) bond motifs is 1. The van der Waals surface area contributed by atoms with E-state index in [1.54, 1.807) is 0 Å². The second-order valence-electron chi connectivity index (χ2n) is 6.85. The van der Waals surface area contributed by atoms with Gasteiger partial charge in [-0.05, 0) is 28.5 Å². The molecule has 8 nitrogen and oxygen atoms in total. The quantitative estimate of drug-likeness (QED) is 0.236. The topological polar surface area (TPSA) is 115 Å². The maximum Gasteiger partial charge on any atom is 0.272 e. The predicted octanol–water partition coefficient (Wildman–Crippen LogP) is 2.43. The number of carbonyl (C=O) groups excluding carboxylic acids is 2. The fraction of sp³-hybridized carbons (Fsp3) is 0.0909. The van der Waals surface area contributed by atoms with Crippen LogP contribution >= 0.6 is 11.8 Å². The van der Waals surface area contributed by atoms with Crippen molar-refractivity contribution >= 4 is 34.3 Å². The van der Waals surface area contributed by atoms with Crippen LogP contribution in [0.1, 0.15) is 21.7 Å². The van der Waals surface area contributed by atoms with Crippen molar-refractivity contribution in [3.05, 3.63) is 89.5 Å². The Morgan fingerprint density at radius 1 is 0.969 bits per heavy atom. The Hall–Kier alpha value is -3.92. The molecule has 4 N–H and O–H groups in total. The standard InChI is InChI=1S/C22H19FN6O2S/c23-18-11-4-3-10-17(18)21(31)27-26-20(30)13-32-22-28-25-19(29(22)24)12-15-8-5-7-14-6-1-2-9-16(14)15/h1-11H,12-13,24H2,(H,26,30)(H,27,31). The molecule has 4 rings (SSSR count). The molecule has 0 fully saturated rings. The van der Waals surface area contributed by atoms with Gasteiger partial charge in [0.05, 0.1) is 11.3 Å². The molecule has 0 unspecified atom stereocenters. The molecule has 4 aromatic rings. The molecule has 0 aliphatic carbocycles. The number of carbonyl (C=O) groups is 2. The van der Waals surface area contributed by atoms with E-state index in [0.717, 1.165) is 34.2 Å². The maximum atomic E-state index is 13.6. The summed E-state index contributed by atoms with van der Waals surface area (Å²) in [5.41, 5.74) is 5.32. The van der Waals surface area contributed by atoms with Gasteiger partial charge in [-0.1, -0.05) is 66.4 Å². The van der Waals surface area contributed by atoms with Crippen molar-refractivity contribution in [2.45, 2.75) is 11.6 Å². The fourth-order valence-electron chi connectivity index (χ4n) is 3.15. The number of nitrogens with zero attached hydrogens (tertiary/aromatic N) is 3. The van der Waals surface area contributed by atoms with Gasteiger partial charge in [-0.3, -0.25) is 20.4 Å². The number of halogens is 1. The van der Waals surface area contributed by atoms with Crippen LogP contribution in [-0.4, -0.2) is 32.4 Å². The number of thioether (sulfide) groups is 1. The van der Waals surface area contributed by atoms with Crippen molar-refractivity contribution in [3.8, 4) is 0 Å². The largest absolute Gasteiger partial charge is 0.336 e. The molecule has 0 aliphatic rings. The van der Waals surface area contributed by atoms with Gasteiger partial charge in [0.25, 0.3) is 5.91 Å². The first kappa shape index (κ1) is 21.3. The van der Waals surface area contributed by atoms with Crippen molar-refractivity contribution in [3.63, 3.8) is 0 Å². The summed E-state index contributed by atoms with van der Waals surface area (Å²) in [6.07, 6.45) is 0.482.